The van der Waals surface area contributed by atoms with Gasteiger partial charge in [-0.2, -0.15) is 0 Å². The van der Waals surface area contributed by atoms with Crippen LogP contribution in [0.3, 0.4) is 0 Å². The second kappa shape index (κ2) is 11.7. The lowest BCUT2D eigenvalue weighted by atomic mass is 9.87. The fraction of sp³-hybridized carbons (Fsp3) is 0.690. The molecule has 34 heavy (non-hydrogen) atoms. The summed E-state index contributed by atoms with van der Waals surface area (Å²) in [5, 5.41) is 3.48. The highest BCUT2D eigenvalue weighted by atomic mass is 16.1. The van der Waals surface area contributed by atoms with Crippen molar-refractivity contribution in [1.82, 2.24) is 10.2 Å². The molecule has 0 heterocycles. The van der Waals surface area contributed by atoms with Crippen molar-refractivity contribution < 1.29 is 14.4 Å². The number of rotatable bonds is 11. The molecule has 1 atom stereocenters. The van der Waals surface area contributed by atoms with Crippen LogP contribution in [-0.4, -0.2) is 46.9 Å². The average molecular weight is 473 g/mol. The van der Waals surface area contributed by atoms with Gasteiger partial charge < -0.3 is 5.32 Å². The molecular weight excluding hydrogens is 424 g/mol. The Morgan fingerprint density at radius 3 is 1.53 bits per heavy atom. The minimum atomic E-state index is -0.545. The first-order valence-corrected chi connectivity index (χ1v) is 12.5. The molecule has 0 amide bonds. The van der Waals surface area contributed by atoms with Crippen molar-refractivity contribution in [2.24, 2.45) is 16.7 Å². The number of hydrogen-bond acceptors (Lipinski definition) is 5. The molecule has 0 aromatic heterocycles. The van der Waals surface area contributed by atoms with Gasteiger partial charge in [0.05, 0.1) is 19.1 Å². The van der Waals surface area contributed by atoms with E-state index in [2.05, 4.69) is 50.4 Å². The molecule has 0 fully saturated rings. The van der Waals surface area contributed by atoms with Gasteiger partial charge in [-0.3, -0.25) is 19.3 Å². The summed E-state index contributed by atoms with van der Waals surface area (Å²) in [6.45, 7) is 22.4. The van der Waals surface area contributed by atoms with Gasteiger partial charge in [-0.25, -0.2) is 0 Å². The van der Waals surface area contributed by atoms with Gasteiger partial charge in [-0.1, -0.05) is 79.7 Å². The van der Waals surface area contributed by atoms with Crippen molar-refractivity contribution in [3.05, 3.63) is 35.4 Å². The number of nitrogens with one attached hydrogen (secondary N) is 1. The van der Waals surface area contributed by atoms with E-state index >= 15 is 0 Å². The van der Waals surface area contributed by atoms with Gasteiger partial charge in [0, 0.05) is 28.8 Å². The molecule has 5 heteroatoms. The van der Waals surface area contributed by atoms with Crippen LogP contribution in [-0.2, 0) is 27.3 Å². The molecule has 1 rings (SSSR count). The number of benzene rings is 1. The summed E-state index contributed by atoms with van der Waals surface area (Å²) in [5.41, 5.74) is 1.14. The van der Waals surface area contributed by atoms with Gasteiger partial charge >= 0.3 is 0 Å². The molecule has 192 valence electrons. The maximum absolute atomic E-state index is 13.4. The third kappa shape index (κ3) is 10.2. The first kappa shape index (κ1) is 30.2. The Bertz CT molecular complexity index is 806. The molecule has 0 aliphatic rings. The SMILES string of the molecule is CC(C)C(=O)C(Cc1ccc(CNC(C)(C)C)cc1)N(CC(=O)C(C)(C)C)CC(=O)C(C)(C)C. The summed E-state index contributed by atoms with van der Waals surface area (Å²) in [4.78, 5) is 41.1. The fourth-order valence-corrected chi connectivity index (χ4v) is 3.30. The molecule has 0 aliphatic heterocycles. The Kier molecular flexibility index (Phi) is 10.4. The van der Waals surface area contributed by atoms with Crippen LogP contribution in [0.15, 0.2) is 24.3 Å². The molecule has 0 aliphatic carbocycles. The van der Waals surface area contributed by atoms with Crippen molar-refractivity contribution in [3.63, 3.8) is 0 Å². The maximum atomic E-state index is 13.4. The number of carbonyl (C=O) groups is 3. The lowest BCUT2D eigenvalue weighted by Gasteiger charge is -2.34. The van der Waals surface area contributed by atoms with Gasteiger partial charge in [0.25, 0.3) is 0 Å². The van der Waals surface area contributed by atoms with E-state index in [1.54, 1.807) is 0 Å². The number of nitrogens with zero attached hydrogens (tertiary/aromatic N) is 1. The monoisotopic (exact) mass is 472 g/mol. The molecule has 1 aromatic carbocycles. The van der Waals surface area contributed by atoms with Crippen LogP contribution in [0.1, 0.15) is 87.3 Å². The molecular formula is C29H48N2O3. The molecule has 0 bridgehead atoms. The molecule has 0 saturated heterocycles. The Hall–Kier alpha value is -1.85. The summed E-state index contributed by atoms with van der Waals surface area (Å²) < 4.78 is 0. The minimum Gasteiger partial charge on any atom is -0.308 e. The van der Waals surface area contributed by atoms with Crippen LogP contribution in [0.25, 0.3) is 0 Å². The minimum absolute atomic E-state index is 0.0272. The quantitative estimate of drug-likeness (QED) is 0.477. The van der Waals surface area contributed by atoms with E-state index in [4.69, 9.17) is 0 Å². The van der Waals surface area contributed by atoms with Crippen molar-refractivity contribution in [2.45, 2.75) is 101 Å². The van der Waals surface area contributed by atoms with Gasteiger partial charge in [0.1, 0.15) is 0 Å². The second-order valence-corrected chi connectivity index (χ2v) is 12.9. The first-order chi connectivity index (χ1) is 15.3. The lowest BCUT2D eigenvalue weighted by Crippen LogP contribution is -2.51. The summed E-state index contributed by atoms with van der Waals surface area (Å²) in [6.07, 6.45) is 0.471. The molecule has 1 unspecified atom stereocenters. The van der Waals surface area contributed by atoms with Crippen molar-refractivity contribution in [1.29, 1.82) is 0 Å². The van der Waals surface area contributed by atoms with Crippen LogP contribution in [0.2, 0.25) is 0 Å². The van der Waals surface area contributed by atoms with Crippen LogP contribution < -0.4 is 5.32 Å². The number of Topliss-reactive ketones (excluding diaryl/α,β-unsaturated/α-hetero) is 3. The van der Waals surface area contributed by atoms with E-state index in [0.717, 1.165) is 12.1 Å². The first-order valence-electron chi connectivity index (χ1n) is 12.5. The summed E-state index contributed by atoms with van der Waals surface area (Å²) in [5.74, 6) is -0.0853. The van der Waals surface area contributed by atoms with Crippen LogP contribution in [0, 0.1) is 16.7 Å². The van der Waals surface area contributed by atoms with Crippen molar-refractivity contribution >= 4 is 17.3 Å². The highest BCUT2D eigenvalue weighted by Gasteiger charge is 2.35. The largest absolute Gasteiger partial charge is 0.308 e. The van der Waals surface area contributed by atoms with Crippen molar-refractivity contribution in [2.75, 3.05) is 13.1 Å². The zero-order chi connectivity index (χ0) is 26.5. The summed E-state index contributed by atoms with van der Waals surface area (Å²) >= 11 is 0. The maximum Gasteiger partial charge on any atom is 0.152 e. The van der Waals surface area contributed by atoms with E-state index in [0.29, 0.717) is 6.42 Å². The molecule has 1 aromatic rings. The third-order valence-corrected chi connectivity index (χ3v) is 5.98. The Morgan fingerprint density at radius 2 is 1.18 bits per heavy atom. The molecule has 5 nitrogen and oxygen atoms in total. The molecule has 0 spiro atoms. The lowest BCUT2D eigenvalue weighted by molar-refractivity contribution is -0.135. The summed E-state index contributed by atoms with van der Waals surface area (Å²) in [6, 6.07) is 7.73. The van der Waals surface area contributed by atoms with E-state index < -0.39 is 16.9 Å². The predicted octanol–water partition coefficient (Wildman–Crippen LogP) is 5.24. The summed E-state index contributed by atoms with van der Waals surface area (Å²) in [7, 11) is 0. The zero-order valence-electron chi connectivity index (χ0n) is 23.5. The van der Waals surface area contributed by atoms with Gasteiger partial charge in [-0.05, 0) is 38.3 Å². The highest BCUT2D eigenvalue weighted by Crippen LogP contribution is 2.22. The van der Waals surface area contributed by atoms with E-state index in [1.807, 2.05) is 60.3 Å². The zero-order valence-corrected chi connectivity index (χ0v) is 23.5. The molecule has 0 radical (unpaired) electrons. The smallest absolute Gasteiger partial charge is 0.152 e. The van der Waals surface area contributed by atoms with E-state index in [9.17, 15) is 14.4 Å². The number of ketones is 3. The topological polar surface area (TPSA) is 66.5 Å². The Labute approximate surface area is 208 Å². The normalized spacial score (nSPS) is 13.9. The second-order valence-electron chi connectivity index (χ2n) is 12.9. The predicted molar refractivity (Wildman–Crippen MR) is 141 cm³/mol. The Balaban J connectivity index is 3.25. The van der Waals surface area contributed by atoms with Crippen molar-refractivity contribution in [3.8, 4) is 0 Å². The molecule has 1 N–H and O–H groups in total. The highest BCUT2D eigenvalue weighted by molar-refractivity contribution is 5.91. The third-order valence-electron chi connectivity index (χ3n) is 5.98. The van der Waals surface area contributed by atoms with Crippen LogP contribution in [0.5, 0.6) is 0 Å². The van der Waals surface area contributed by atoms with E-state index in [-0.39, 0.29) is 41.9 Å². The number of hydrogen-bond donors (Lipinski definition) is 1. The van der Waals surface area contributed by atoms with Gasteiger partial charge in [0.2, 0.25) is 0 Å². The standard InChI is InChI=1S/C29H48N2O3/c1-20(2)26(34)23(16-21-12-14-22(15-13-21)17-30-29(9,10)11)31(18-24(32)27(3,4)5)19-25(33)28(6,7)8/h12-15,20,23,30H,16-19H2,1-11H3. The molecule has 0 saturated carbocycles. The van der Waals surface area contributed by atoms with Crippen LogP contribution in [0.4, 0.5) is 0 Å². The van der Waals surface area contributed by atoms with Gasteiger partial charge in [-0.15, -0.1) is 0 Å². The van der Waals surface area contributed by atoms with E-state index in [1.165, 1.54) is 5.56 Å². The van der Waals surface area contributed by atoms with Crippen LogP contribution >= 0.6 is 0 Å². The fourth-order valence-electron chi connectivity index (χ4n) is 3.30. The average Bonchev–Trinajstić information content (AvgIpc) is 2.68. The van der Waals surface area contributed by atoms with Gasteiger partial charge in [0.15, 0.2) is 17.3 Å². The number of carbonyl (C=O) groups excluding carboxylic acids is 3. The Morgan fingerprint density at radius 1 is 0.765 bits per heavy atom.